The van der Waals surface area contributed by atoms with Gasteiger partial charge in [0.05, 0.1) is 19.1 Å². The largest absolute Gasteiger partial charge is 0.330 e. The number of nitrogens with two attached hydrogens (primary N) is 1. The first-order valence-electron chi connectivity index (χ1n) is 8.32. The second-order valence-electron chi connectivity index (χ2n) is 4.72. The minimum atomic E-state index is -0.357. The van der Waals surface area contributed by atoms with E-state index in [0.29, 0.717) is 13.0 Å². The van der Waals surface area contributed by atoms with Crippen LogP contribution in [0.15, 0.2) is 0 Å². The topological polar surface area (TPSA) is 80.5 Å². The average molecular weight is 316 g/mol. The van der Waals surface area contributed by atoms with Crippen LogP contribution in [0.4, 0.5) is 0 Å². The summed E-state index contributed by atoms with van der Waals surface area (Å²) < 4.78 is 0. The van der Waals surface area contributed by atoms with Crippen LogP contribution in [0.3, 0.4) is 0 Å². The molecule has 0 bridgehead atoms. The first kappa shape index (κ1) is 25.9. The zero-order valence-corrected chi connectivity index (χ0v) is 15.6. The van der Waals surface area contributed by atoms with Crippen LogP contribution >= 0.6 is 0 Å². The molecule has 0 aromatic carbocycles. The van der Waals surface area contributed by atoms with Gasteiger partial charge in [-0.1, -0.05) is 34.1 Å². The molecule has 0 fully saturated rings. The van der Waals surface area contributed by atoms with Gasteiger partial charge in [0.15, 0.2) is 0 Å². The number of nitrogens with zero attached hydrogens (tertiary/aromatic N) is 1. The Bertz CT molecular complexity index is 288. The van der Waals surface area contributed by atoms with Crippen LogP contribution in [0.5, 0.6) is 0 Å². The fourth-order valence-electron chi connectivity index (χ4n) is 1.97. The summed E-state index contributed by atoms with van der Waals surface area (Å²) in [5, 5.41) is 0. The van der Waals surface area contributed by atoms with E-state index in [-0.39, 0.29) is 36.5 Å². The molecule has 0 amide bonds. The lowest BCUT2D eigenvalue weighted by Crippen LogP contribution is -2.45. The first-order chi connectivity index (χ1) is 10.4. The fourth-order valence-corrected chi connectivity index (χ4v) is 1.97. The lowest BCUT2D eigenvalue weighted by atomic mass is 10.0. The quantitative estimate of drug-likeness (QED) is 0.627. The molecule has 0 aliphatic rings. The van der Waals surface area contributed by atoms with Crippen molar-refractivity contribution in [1.29, 1.82) is 0 Å². The van der Waals surface area contributed by atoms with Crippen molar-refractivity contribution in [1.82, 2.24) is 4.90 Å². The second kappa shape index (κ2) is 18.0. The molecule has 22 heavy (non-hydrogen) atoms. The maximum Gasteiger partial charge on any atom is 0.146 e. The third kappa shape index (κ3) is 15.3. The van der Waals surface area contributed by atoms with Crippen LogP contribution in [0, 0.1) is 0 Å². The zero-order chi connectivity index (χ0) is 18.1. The summed E-state index contributed by atoms with van der Waals surface area (Å²) in [4.78, 5) is 35.7. The Morgan fingerprint density at radius 3 is 1.55 bits per heavy atom. The van der Waals surface area contributed by atoms with Gasteiger partial charge in [-0.3, -0.25) is 19.3 Å². The first-order valence-corrected chi connectivity index (χ1v) is 8.32. The standard InChI is InChI=1S/C13H24N2O3.2C2H6/c1-10(16)8-15(9-11(2)17)13(12(3)18)6-4-5-7-14;2*1-2/h13H,4-9,14H2,1-3H3;2*1-2H3. The Morgan fingerprint density at radius 1 is 0.864 bits per heavy atom. The highest BCUT2D eigenvalue weighted by atomic mass is 16.1. The van der Waals surface area contributed by atoms with Gasteiger partial charge in [-0.15, -0.1) is 0 Å². The van der Waals surface area contributed by atoms with Crippen molar-refractivity contribution in [2.24, 2.45) is 5.73 Å². The molecule has 0 saturated heterocycles. The normalized spacial score (nSPS) is 10.8. The summed E-state index contributed by atoms with van der Waals surface area (Å²) in [6.45, 7) is 13.3. The van der Waals surface area contributed by atoms with Crippen LogP contribution in [-0.4, -0.2) is 47.9 Å². The summed E-state index contributed by atoms with van der Waals surface area (Å²) in [5.41, 5.74) is 5.42. The van der Waals surface area contributed by atoms with E-state index < -0.39 is 0 Å². The summed E-state index contributed by atoms with van der Waals surface area (Å²) in [6.07, 6.45) is 2.32. The molecule has 0 aliphatic carbocycles. The van der Waals surface area contributed by atoms with Crippen molar-refractivity contribution in [2.45, 2.75) is 73.8 Å². The molecule has 0 radical (unpaired) electrons. The van der Waals surface area contributed by atoms with E-state index in [1.54, 1.807) is 4.90 Å². The summed E-state index contributed by atoms with van der Waals surface area (Å²) in [6, 6.07) is -0.357. The molecular weight excluding hydrogens is 280 g/mol. The average Bonchev–Trinajstić information content (AvgIpc) is 2.46. The predicted molar refractivity (Wildman–Crippen MR) is 93.0 cm³/mol. The summed E-state index contributed by atoms with van der Waals surface area (Å²) in [5.74, 6) is -0.0860. The Balaban J connectivity index is -0.000000826. The Kier molecular flexibility index (Phi) is 21.1. The Labute approximate surface area is 136 Å². The van der Waals surface area contributed by atoms with E-state index in [1.165, 1.54) is 20.8 Å². The third-order valence-corrected chi connectivity index (χ3v) is 2.69. The number of Topliss-reactive ketones (excluding diaryl/α,β-unsaturated/α-hetero) is 3. The summed E-state index contributed by atoms with van der Waals surface area (Å²) >= 11 is 0. The zero-order valence-electron chi connectivity index (χ0n) is 15.6. The van der Waals surface area contributed by atoms with E-state index >= 15 is 0 Å². The molecule has 5 heteroatoms. The highest BCUT2D eigenvalue weighted by Gasteiger charge is 2.24. The monoisotopic (exact) mass is 316 g/mol. The van der Waals surface area contributed by atoms with Gasteiger partial charge < -0.3 is 5.73 Å². The van der Waals surface area contributed by atoms with Crippen LogP contribution < -0.4 is 5.73 Å². The molecule has 0 saturated carbocycles. The van der Waals surface area contributed by atoms with Gasteiger partial charge >= 0.3 is 0 Å². The highest BCUT2D eigenvalue weighted by molar-refractivity contribution is 5.85. The lowest BCUT2D eigenvalue weighted by Gasteiger charge is -2.28. The number of carbonyl (C=O) groups excluding carboxylic acids is 3. The van der Waals surface area contributed by atoms with Crippen LogP contribution in [0.2, 0.25) is 0 Å². The number of hydrogen-bond acceptors (Lipinski definition) is 5. The van der Waals surface area contributed by atoms with Gasteiger partial charge in [-0.25, -0.2) is 0 Å². The predicted octanol–water partition coefficient (Wildman–Crippen LogP) is 2.61. The van der Waals surface area contributed by atoms with Gasteiger partial charge in [0.25, 0.3) is 0 Å². The van der Waals surface area contributed by atoms with Crippen molar-refractivity contribution >= 4 is 17.3 Å². The second-order valence-corrected chi connectivity index (χ2v) is 4.72. The Morgan fingerprint density at radius 2 is 1.27 bits per heavy atom. The smallest absolute Gasteiger partial charge is 0.146 e. The van der Waals surface area contributed by atoms with Gasteiger partial charge in [0.1, 0.15) is 17.3 Å². The minimum Gasteiger partial charge on any atom is -0.330 e. The van der Waals surface area contributed by atoms with Crippen LogP contribution in [0.25, 0.3) is 0 Å². The van der Waals surface area contributed by atoms with E-state index in [4.69, 9.17) is 5.73 Å². The highest BCUT2D eigenvalue weighted by Crippen LogP contribution is 2.10. The number of unbranched alkanes of at least 4 members (excludes halogenated alkanes) is 1. The molecule has 0 spiro atoms. The molecule has 0 aromatic heterocycles. The molecule has 0 aromatic rings. The molecule has 1 unspecified atom stereocenters. The Hall–Kier alpha value is -1.07. The maximum atomic E-state index is 11.6. The van der Waals surface area contributed by atoms with Crippen molar-refractivity contribution < 1.29 is 14.4 Å². The molecular formula is C17H36N2O3. The van der Waals surface area contributed by atoms with E-state index in [1.807, 2.05) is 27.7 Å². The van der Waals surface area contributed by atoms with Crippen molar-refractivity contribution in [3.63, 3.8) is 0 Å². The van der Waals surface area contributed by atoms with Crippen LogP contribution in [-0.2, 0) is 14.4 Å². The molecule has 2 N–H and O–H groups in total. The van der Waals surface area contributed by atoms with Crippen molar-refractivity contribution in [2.75, 3.05) is 19.6 Å². The molecule has 132 valence electrons. The third-order valence-electron chi connectivity index (χ3n) is 2.69. The van der Waals surface area contributed by atoms with Crippen molar-refractivity contribution in [3.05, 3.63) is 0 Å². The molecule has 0 rings (SSSR count). The van der Waals surface area contributed by atoms with E-state index in [2.05, 4.69) is 0 Å². The molecule has 0 heterocycles. The molecule has 0 aliphatic heterocycles. The van der Waals surface area contributed by atoms with E-state index in [0.717, 1.165) is 12.8 Å². The SMILES string of the molecule is CC.CC.CC(=O)CN(CC(C)=O)C(CCCCN)C(C)=O. The number of hydrogen-bond donors (Lipinski definition) is 1. The molecule has 1 atom stereocenters. The van der Waals surface area contributed by atoms with E-state index in [9.17, 15) is 14.4 Å². The summed E-state index contributed by atoms with van der Waals surface area (Å²) in [7, 11) is 0. The van der Waals surface area contributed by atoms with Gasteiger partial charge in [0.2, 0.25) is 0 Å². The van der Waals surface area contributed by atoms with Gasteiger partial charge in [0, 0.05) is 0 Å². The van der Waals surface area contributed by atoms with Crippen LogP contribution in [0.1, 0.15) is 67.7 Å². The number of rotatable bonds is 10. The fraction of sp³-hybridized carbons (Fsp3) is 0.824. The minimum absolute atomic E-state index is 0.00507. The molecule has 5 nitrogen and oxygen atoms in total. The number of ketones is 3. The maximum absolute atomic E-state index is 11.6. The van der Waals surface area contributed by atoms with Crippen molar-refractivity contribution in [3.8, 4) is 0 Å². The number of carbonyl (C=O) groups is 3. The lowest BCUT2D eigenvalue weighted by molar-refractivity contribution is -0.127. The van der Waals surface area contributed by atoms with Gasteiger partial charge in [-0.2, -0.15) is 0 Å². The van der Waals surface area contributed by atoms with Gasteiger partial charge in [-0.05, 0) is 40.2 Å².